The smallest absolute Gasteiger partial charge is 0.243 e. The summed E-state index contributed by atoms with van der Waals surface area (Å²) in [6.07, 6.45) is 0.503. The lowest BCUT2D eigenvalue weighted by Gasteiger charge is -2.31. The largest absolute Gasteiger partial charge is 0.352 e. The Hall–Kier alpha value is -1.46. The Balaban J connectivity index is 2.35. The molecular formula is C22H24Cl4N2O2. The van der Waals surface area contributed by atoms with Gasteiger partial charge in [0.1, 0.15) is 6.04 Å². The van der Waals surface area contributed by atoms with Crippen LogP contribution in [-0.2, 0) is 22.6 Å². The zero-order valence-corrected chi connectivity index (χ0v) is 20.0. The summed E-state index contributed by atoms with van der Waals surface area (Å²) >= 11 is 24.4. The second-order valence-corrected chi connectivity index (χ2v) is 8.93. The molecular weight excluding hydrogens is 466 g/mol. The number of halogens is 4. The summed E-state index contributed by atoms with van der Waals surface area (Å²) in [5, 5.41) is 4.61. The zero-order chi connectivity index (χ0) is 22.4. The van der Waals surface area contributed by atoms with E-state index in [0.717, 1.165) is 5.56 Å². The van der Waals surface area contributed by atoms with Crippen LogP contribution in [0.15, 0.2) is 36.4 Å². The summed E-state index contributed by atoms with van der Waals surface area (Å²) in [6.45, 7) is 5.84. The maximum Gasteiger partial charge on any atom is 0.243 e. The fraction of sp³-hybridized carbons (Fsp3) is 0.364. The van der Waals surface area contributed by atoms with Crippen LogP contribution in [0.4, 0.5) is 0 Å². The van der Waals surface area contributed by atoms with Gasteiger partial charge >= 0.3 is 0 Å². The van der Waals surface area contributed by atoms with Crippen LogP contribution >= 0.6 is 46.4 Å². The van der Waals surface area contributed by atoms with E-state index < -0.39 is 6.04 Å². The van der Waals surface area contributed by atoms with Crippen LogP contribution < -0.4 is 5.32 Å². The van der Waals surface area contributed by atoms with Gasteiger partial charge in [-0.05, 0) is 55.7 Å². The van der Waals surface area contributed by atoms with Gasteiger partial charge in [-0.15, -0.1) is 0 Å². The van der Waals surface area contributed by atoms with E-state index in [0.29, 0.717) is 32.1 Å². The molecule has 0 fully saturated rings. The number of hydrogen-bond donors (Lipinski definition) is 1. The monoisotopic (exact) mass is 488 g/mol. The van der Waals surface area contributed by atoms with Gasteiger partial charge in [0, 0.05) is 22.6 Å². The van der Waals surface area contributed by atoms with Crippen LogP contribution in [0.1, 0.15) is 38.3 Å². The lowest BCUT2D eigenvalue weighted by molar-refractivity contribution is -0.141. The van der Waals surface area contributed by atoms with Crippen molar-refractivity contribution in [2.45, 2.75) is 52.2 Å². The summed E-state index contributed by atoms with van der Waals surface area (Å²) < 4.78 is 0. The molecule has 0 aromatic heterocycles. The van der Waals surface area contributed by atoms with Gasteiger partial charge in [-0.1, -0.05) is 65.5 Å². The molecule has 4 nitrogen and oxygen atoms in total. The van der Waals surface area contributed by atoms with Crippen LogP contribution in [0.3, 0.4) is 0 Å². The van der Waals surface area contributed by atoms with Gasteiger partial charge < -0.3 is 10.2 Å². The highest BCUT2D eigenvalue weighted by Gasteiger charge is 2.29. The third-order valence-corrected chi connectivity index (χ3v) is 5.84. The van der Waals surface area contributed by atoms with Crippen LogP contribution in [0, 0.1) is 0 Å². The number of rotatable bonds is 8. The van der Waals surface area contributed by atoms with Gasteiger partial charge in [0.2, 0.25) is 11.8 Å². The molecule has 0 radical (unpaired) electrons. The minimum Gasteiger partial charge on any atom is -0.352 e. The number of nitrogens with zero attached hydrogens (tertiary/aromatic N) is 1. The highest BCUT2D eigenvalue weighted by Crippen LogP contribution is 2.26. The van der Waals surface area contributed by atoms with Crippen molar-refractivity contribution in [1.82, 2.24) is 10.2 Å². The molecule has 0 aliphatic heterocycles. The average molecular weight is 490 g/mol. The highest BCUT2D eigenvalue weighted by molar-refractivity contribution is 6.42. The predicted octanol–water partition coefficient (Wildman–Crippen LogP) is 6.17. The summed E-state index contributed by atoms with van der Waals surface area (Å²) in [5.74, 6) is -0.431. The summed E-state index contributed by atoms with van der Waals surface area (Å²) in [4.78, 5) is 27.7. The quantitative estimate of drug-likeness (QED) is 0.481. The van der Waals surface area contributed by atoms with Gasteiger partial charge in [-0.3, -0.25) is 9.59 Å². The van der Waals surface area contributed by atoms with E-state index >= 15 is 0 Å². The average Bonchev–Trinajstić information content (AvgIpc) is 2.66. The topological polar surface area (TPSA) is 49.4 Å². The van der Waals surface area contributed by atoms with E-state index in [9.17, 15) is 9.59 Å². The molecule has 2 amide bonds. The minimum absolute atomic E-state index is 0.0424. The van der Waals surface area contributed by atoms with E-state index in [1.165, 1.54) is 0 Å². The SMILES string of the molecule is CC[C@H](C(=O)NC(C)C)N(Cc1ccc(Cl)c(Cl)c1)C(=O)Cc1ccc(Cl)cc1Cl. The number of benzene rings is 2. The van der Waals surface area contributed by atoms with Crippen molar-refractivity contribution in [3.8, 4) is 0 Å². The molecule has 0 saturated heterocycles. The van der Waals surface area contributed by atoms with E-state index in [1.54, 1.807) is 41.3 Å². The van der Waals surface area contributed by atoms with Crippen molar-refractivity contribution in [2.24, 2.45) is 0 Å². The summed E-state index contributed by atoms with van der Waals surface area (Å²) in [5.41, 5.74) is 1.42. The second kappa shape index (κ2) is 11.2. The first-order chi connectivity index (χ1) is 14.1. The molecule has 1 atom stereocenters. The Kier molecular flexibility index (Phi) is 9.30. The minimum atomic E-state index is -0.638. The molecule has 0 aliphatic carbocycles. The van der Waals surface area contributed by atoms with E-state index in [2.05, 4.69) is 5.32 Å². The van der Waals surface area contributed by atoms with Crippen molar-refractivity contribution in [3.63, 3.8) is 0 Å². The van der Waals surface area contributed by atoms with Crippen LogP contribution in [0.2, 0.25) is 20.1 Å². The molecule has 8 heteroatoms. The van der Waals surface area contributed by atoms with Crippen molar-refractivity contribution in [2.75, 3.05) is 0 Å². The summed E-state index contributed by atoms with van der Waals surface area (Å²) in [6, 6.07) is 9.48. The van der Waals surface area contributed by atoms with Gasteiger partial charge in [0.25, 0.3) is 0 Å². The normalized spacial score (nSPS) is 12.0. The number of amides is 2. The highest BCUT2D eigenvalue weighted by atomic mass is 35.5. The molecule has 2 aromatic carbocycles. The third kappa shape index (κ3) is 6.78. The number of nitrogens with one attached hydrogen (secondary N) is 1. The molecule has 1 N–H and O–H groups in total. The van der Waals surface area contributed by atoms with Crippen LogP contribution in [0.5, 0.6) is 0 Å². The number of carbonyl (C=O) groups excluding carboxylic acids is 2. The summed E-state index contributed by atoms with van der Waals surface area (Å²) in [7, 11) is 0. The van der Waals surface area contributed by atoms with Gasteiger partial charge in [-0.2, -0.15) is 0 Å². The fourth-order valence-electron chi connectivity index (χ4n) is 3.06. The Labute approximate surface area is 197 Å². The number of carbonyl (C=O) groups is 2. The zero-order valence-electron chi connectivity index (χ0n) is 17.0. The van der Waals surface area contributed by atoms with Gasteiger partial charge in [0.05, 0.1) is 16.5 Å². The van der Waals surface area contributed by atoms with Crippen LogP contribution in [-0.4, -0.2) is 28.8 Å². The predicted molar refractivity (Wildman–Crippen MR) is 125 cm³/mol. The Morgan fingerprint density at radius 3 is 2.23 bits per heavy atom. The fourth-order valence-corrected chi connectivity index (χ4v) is 3.86. The first-order valence-corrected chi connectivity index (χ1v) is 11.1. The molecule has 0 heterocycles. The molecule has 0 saturated carbocycles. The van der Waals surface area contributed by atoms with E-state index in [-0.39, 0.29) is 30.8 Å². The Bertz CT molecular complexity index is 918. The molecule has 30 heavy (non-hydrogen) atoms. The lowest BCUT2D eigenvalue weighted by Crippen LogP contribution is -2.50. The van der Waals surface area contributed by atoms with E-state index in [1.807, 2.05) is 20.8 Å². The maximum absolute atomic E-state index is 13.3. The first kappa shape index (κ1) is 24.8. The first-order valence-electron chi connectivity index (χ1n) is 9.60. The second-order valence-electron chi connectivity index (χ2n) is 7.27. The molecule has 0 aliphatic rings. The molecule has 0 unspecified atom stereocenters. The van der Waals surface area contributed by atoms with Crippen molar-refractivity contribution in [1.29, 1.82) is 0 Å². The standard InChI is InChI=1S/C22H24Cl4N2O2/c1-4-20(22(30)27-13(2)3)28(12-14-5-8-17(24)19(26)9-14)21(29)10-15-6-7-16(23)11-18(15)25/h5-9,11,13,20H,4,10,12H2,1-3H3,(H,27,30)/t20-/m1/s1. The molecule has 0 spiro atoms. The molecule has 2 aromatic rings. The lowest BCUT2D eigenvalue weighted by atomic mass is 10.1. The third-order valence-electron chi connectivity index (χ3n) is 4.51. The van der Waals surface area contributed by atoms with Crippen LogP contribution in [0.25, 0.3) is 0 Å². The Morgan fingerprint density at radius 2 is 1.67 bits per heavy atom. The van der Waals surface area contributed by atoms with Gasteiger partial charge in [-0.25, -0.2) is 0 Å². The van der Waals surface area contributed by atoms with Crippen molar-refractivity contribution < 1.29 is 9.59 Å². The van der Waals surface area contributed by atoms with Crippen molar-refractivity contribution >= 4 is 58.2 Å². The molecule has 2 rings (SSSR count). The van der Waals surface area contributed by atoms with Crippen molar-refractivity contribution in [3.05, 3.63) is 67.6 Å². The number of hydrogen-bond acceptors (Lipinski definition) is 2. The maximum atomic E-state index is 13.3. The Morgan fingerprint density at radius 1 is 0.967 bits per heavy atom. The van der Waals surface area contributed by atoms with Gasteiger partial charge in [0.15, 0.2) is 0 Å². The van der Waals surface area contributed by atoms with E-state index in [4.69, 9.17) is 46.4 Å². The molecule has 162 valence electrons. The molecule has 0 bridgehead atoms.